The van der Waals surface area contributed by atoms with Gasteiger partial charge in [0.1, 0.15) is 7.11 Å². The molecule has 0 radical (unpaired) electrons. The molecule has 0 rings (SSSR count). The maximum Gasteiger partial charge on any atom is 0.352 e. The number of carbonyl (C=O) groups excluding carboxylic acids is 1. The van der Waals surface area contributed by atoms with Crippen LogP contribution in [-0.4, -0.2) is 25.9 Å². The Morgan fingerprint density at radius 2 is 2.44 bits per heavy atom. The summed E-state index contributed by atoms with van der Waals surface area (Å²) in [5.41, 5.74) is 0. The van der Waals surface area contributed by atoms with Crippen LogP contribution < -0.4 is 0 Å². The second-order valence-electron chi connectivity index (χ2n) is 1.17. The van der Waals surface area contributed by atoms with Crippen LogP contribution in [0.15, 0.2) is 5.16 Å². The van der Waals surface area contributed by atoms with Crippen LogP contribution in [0.4, 0.5) is 0 Å². The molecule has 0 atom stereocenters. The predicted octanol–water partition coefficient (Wildman–Crippen LogP) is 0.182. The van der Waals surface area contributed by atoms with Gasteiger partial charge in [-0.15, -0.1) is 0 Å². The van der Waals surface area contributed by atoms with Gasteiger partial charge in [0.25, 0.3) is 0 Å². The van der Waals surface area contributed by atoms with Crippen molar-refractivity contribution >= 4 is 12.2 Å². The summed E-state index contributed by atoms with van der Waals surface area (Å²) >= 11 is 0. The van der Waals surface area contributed by atoms with Gasteiger partial charge in [-0.3, -0.25) is 0 Å². The van der Waals surface area contributed by atoms with E-state index in [9.17, 15) is 4.79 Å². The minimum Gasteiger partial charge on any atom is -0.462 e. The van der Waals surface area contributed by atoms with Crippen LogP contribution >= 0.6 is 0 Å². The number of carbonyl (C=O) groups is 1. The van der Waals surface area contributed by atoms with Crippen molar-refractivity contribution in [2.45, 2.75) is 6.92 Å². The minimum atomic E-state index is -0.487. The van der Waals surface area contributed by atoms with Crippen molar-refractivity contribution in [2.24, 2.45) is 5.16 Å². The lowest BCUT2D eigenvalue weighted by Crippen LogP contribution is -2.04. The molecule has 0 aromatic heterocycles. The molecule has 0 spiro atoms. The van der Waals surface area contributed by atoms with E-state index < -0.39 is 5.97 Å². The Bertz CT molecular complexity index is 111. The maximum atomic E-state index is 10.4. The van der Waals surface area contributed by atoms with Crippen LogP contribution in [0.2, 0.25) is 0 Å². The largest absolute Gasteiger partial charge is 0.462 e. The van der Waals surface area contributed by atoms with Gasteiger partial charge in [0.2, 0.25) is 0 Å². The standard InChI is InChI=1S/C5H9NO3/c1-3-9-5(7)4-6-8-2/h4H,3H2,1-2H3. The Kier molecular flexibility index (Phi) is 4.49. The second kappa shape index (κ2) is 5.08. The normalized spacial score (nSPS) is 9.56. The minimum absolute atomic E-state index is 0.356. The first kappa shape index (κ1) is 7.94. The highest BCUT2D eigenvalue weighted by Crippen LogP contribution is 1.73. The fraction of sp³-hybridized carbons (Fsp3) is 0.600. The lowest BCUT2D eigenvalue weighted by atomic mass is 10.7. The Morgan fingerprint density at radius 1 is 1.78 bits per heavy atom. The fourth-order valence-electron chi connectivity index (χ4n) is 0.275. The number of rotatable bonds is 3. The SMILES string of the molecule is CCOC(=O)C=NOC. The molecular formula is C5H9NO3. The number of esters is 1. The van der Waals surface area contributed by atoms with Crippen molar-refractivity contribution in [3.8, 4) is 0 Å². The zero-order valence-corrected chi connectivity index (χ0v) is 5.46. The molecule has 0 saturated heterocycles. The molecule has 0 aliphatic heterocycles. The number of hydrogen-bond acceptors (Lipinski definition) is 4. The van der Waals surface area contributed by atoms with Crippen LogP contribution in [0.25, 0.3) is 0 Å². The summed E-state index contributed by atoms with van der Waals surface area (Å²) in [6, 6.07) is 0. The quantitative estimate of drug-likeness (QED) is 0.312. The Balaban J connectivity index is 3.37. The van der Waals surface area contributed by atoms with Gasteiger partial charge in [0.15, 0.2) is 6.21 Å². The van der Waals surface area contributed by atoms with Crippen LogP contribution in [0.3, 0.4) is 0 Å². The highest BCUT2D eigenvalue weighted by Gasteiger charge is 1.92. The fourth-order valence-corrected chi connectivity index (χ4v) is 0.275. The molecule has 52 valence electrons. The third kappa shape index (κ3) is 4.80. The van der Waals surface area contributed by atoms with Crippen molar-refractivity contribution in [1.82, 2.24) is 0 Å². The topological polar surface area (TPSA) is 47.9 Å². The number of ether oxygens (including phenoxy) is 1. The summed E-state index contributed by atoms with van der Waals surface area (Å²) in [4.78, 5) is 14.6. The first-order chi connectivity index (χ1) is 4.31. The van der Waals surface area contributed by atoms with E-state index in [1.807, 2.05) is 0 Å². The number of oxime groups is 1. The molecular weight excluding hydrogens is 122 g/mol. The zero-order valence-electron chi connectivity index (χ0n) is 5.46. The van der Waals surface area contributed by atoms with Crippen LogP contribution in [0.5, 0.6) is 0 Å². The van der Waals surface area contributed by atoms with E-state index in [4.69, 9.17) is 0 Å². The van der Waals surface area contributed by atoms with E-state index in [2.05, 4.69) is 14.7 Å². The van der Waals surface area contributed by atoms with Gasteiger partial charge < -0.3 is 9.57 Å². The number of hydrogen-bond donors (Lipinski definition) is 0. The van der Waals surface area contributed by atoms with E-state index >= 15 is 0 Å². The molecule has 0 saturated carbocycles. The van der Waals surface area contributed by atoms with Gasteiger partial charge in [-0.25, -0.2) is 4.79 Å². The van der Waals surface area contributed by atoms with Crippen LogP contribution in [-0.2, 0) is 14.4 Å². The van der Waals surface area contributed by atoms with E-state index in [-0.39, 0.29) is 0 Å². The highest BCUT2D eigenvalue weighted by molar-refractivity contribution is 6.22. The summed E-state index contributed by atoms with van der Waals surface area (Å²) in [6.45, 7) is 2.08. The van der Waals surface area contributed by atoms with Gasteiger partial charge in [-0.05, 0) is 6.92 Å². The third-order valence-corrected chi connectivity index (χ3v) is 0.550. The van der Waals surface area contributed by atoms with E-state index in [1.165, 1.54) is 7.11 Å². The lowest BCUT2D eigenvalue weighted by molar-refractivity contribution is -0.134. The molecule has 0 unspecified atom stereocenters. The molecule has 0 aromatic carbocycles. The van der Waals surface area contributed by atoms with Gasteiger partial charge >= 0.3 is 5.97 Å². The van der Waals surface area contributed by atoms with Gasteiger partial charge in [-0.2, -0.15) is 0 Å². The van der Waals surface area contributed by atoms with Gasteiger partial charge in [0.05, 0.1) is 6.61 Å². The molecule has 0 aliphatic rings. The Hall–Kier alpha value is -1.06. The van der Waals surface area contributed by atoms with Gasteiger partial charge in [0, 0.05) is 0 Å². The zero-order chi connectivity index (χ0) is 7.11. The van der Waals surface area contributed by atoms with E-state index in [0.717, 1.165) is 6.21 Å². The molecule has 0 fully saturated rings. The smallest absolute Gasteiger partial charge is 0.352 e. The average molecular weight is 131 g/mol. The Morgan fingerprint density at radius 3 is 2.89 bits per heavy atom. The Labute approximate surface area is 53.4 Å². The van der Waals surface area contributed by atoms with Crippen molar-refractivity contribution in [1.29, 1.82) is 0 Å². The third-order valence-electron chi connectivity index (χ3n) is 0.550. The highest BCUT2D eigenvalue weighted by atomic mass is 16.6. The molecule has 0 aliphatic carbocycles. The van der Waals surface area contributed by atoms with Crippen molar-refractivity contribution in [3.05, 3.63) is 0 Å². The maximum absolute atomic E-state index is 10.4. The molecule has 0 bridgehead atoms. The van der Waals surface area contributed by atoms with Crippen molar-refractivity contribution < 1.29 is 14.4 Å². The summed E-state index contributed by atoms with van der Waals surface area (Å²) in [6.07, 6.45) is 0.976. The summed E-state index contributed by atoms with van der Waals surface area (Å²) in [7, 11) is 1.36. The van der Waals surface area contributed by atoms with Crippen molar-refractivity contribution in [3.63, 3.8) is 0 Å². The van der Waals surface area contributed by atoms with Crippen molar-refractivity contribution in [2.75, 3.05) is 13.7 Å². The average Bonchev–Trinajstić information content (AvgIpc) is 1.85. The van der Waals surface area contributed by atoms with Gasteiger partial charge in [-0.1, -0.05) is 5.16 Å². The predicted molar refractivity (Wildman–Crippen MR) is 32.1 cm³/mol. The lowest BCUT2D eigenvalue weighted by Gasteiger charge is -1.91. The molecule has 9 heavy (non-hydrogen) atoms. The monoisotopic (exact) mass is 131 g/mol. The molecule has 0 N–H and O–H groups in total. The summed E-state index contributed by atoms with van der Waals surface area (Å²) in [5, 5.41) is 3.19. The molecule has 0 amide bonds. The molecule has 0 aromatic rings. The van der Waals surface area contributed by atoms with E-state index in [0.29, 0.717) is 6.61 Å². The second-order valence-corrected chi connectivity index (χ2v) is 1.17. The number of nitrogens with zero attached hydrogens (tertiary/aromatic N) is 1. The summed E-state index contributed by atoms with van der Waals surface area (Å²) in [5.74, 6) is -0.487. The molecule has 0 heterocycles. The molecule has 4 heteroatoms. The first-order valence-corrected chi connectivity index (χ1v) is 2.54. The first-order valence-electron chi connectivity index (χ1n) is 2.54. The van der Waals surface area contributed by atoms with Crippen LogP contribution in [0, 0.1) is 0 Å². The molecule has 4 nitrogen and oxygen atoms in total. The summed E-state index contributed by atoms with van der Waals surface area (Å²) < 4.78 is 4.48. The van der Waals surface area contributed by atoms with E-state index in [1.54, 1.807) is 6.92 Å². The van der Waals surface area contributed by atoms with Crippen LogP contribution in [0.1, 0.15) is 6.92 Å².